The molecule has 2 heterocycles. The normalized spacial score (nSPS) is 20.5. The van der Waals surface area contributed by atoms with Crippen molar-refractivity contribution in [1.82, 2.24) is 4.98 Å². The van der Waals surface area contributed by atoms with E-state index in [0.29, 0.717) is 0 Å². The maximum absolute atomic E-state index is 5.86. The predicted octanol–water partition coefficient (Wildman–Crippen LogP) is 4.14. The number of fused-ring (bicyclic) bond motifs is 1. The molecule has 4 heteroatoms. The van der Waals surface area contributed by atoms with E-state index < -0.39 is 0 Å². The molecule has 96 valence electrons. The van der Waals surface area contributed by atoms with E-state index in [1.807, 2.05) is 0 Å². The van der Waals surface area contributed by atoms with Crippen molar-refractivity contribution in [2.24, 2.45) is 5.92 Å². The lowest BCUT2D eigenvalue weighted by Crippen LogP contribution is -2.35. The van der Waals surface area contributed by atoms with E-state index in [4.69, 9.17) is 16.6 Å². The Morgan fingerprint density at radius 1 is 1.39 bits per heavy atom. The number of halogens is 1. The number of para-hydroxylation sites is 1. The lowest BCUT2D eigenvalue weighted by Gasteiger charge is -2.32. The standard InChI is InChI=1S/C14H17ClN2S/c15-8-7-11-4-3-9-17(10-11)14-16-12-5-1-2-6-13(12)18-14/h1-2,5-6,11H,3-4,7-10H2. The van der Waals surface area contributed by atoms with Crippen molar-refractivity contribution >= 4 is 38.3 Å². The van der Waals surface area contributed by atoms with E-state index in [1.54, 1.807) is 11.3 Å². The molecule has 0 amide bonds. The number of anilines is 1. The SMILES string of the molecule is ClCCC1CCCN(c2nc3ccccc3s2)C1. The first-order valence-corrected chi connectivity index (χ1v) is 7.88. The van der Waals surface area contributed by atoms with Crippen LogP contribution in [0.2, 0.25) is 0 Å². The first-order valence-electron chi connectivity index (χ1n) is 6.53. The molecule has 1 fully saturated rings. The fourth-order valence-corrected chi connectivity index (χ4v) is 3.93. The molecular formula is C14H17ClN2S. The Hall–Kier alpha value is -0.800. The van der Waals surface area contributed by atoms with E-state index >= 15 is 0 Å². The van der Waals surface area contributed by atoms with Crippen molar-refractivity contribution in [3.63, 3.8) is 0 Å². The Balaban J connectivity index is 1.80. The molecule has 0 spiro atoms. The molecule has 0 bridgehead atoms. The number of thiazole rings is 1. The fourth-order valence-electron chi connectivity index (χ4n) is 2.62. The summed E-state index contributed by atoms with van der Waals surface area (Å²) < 4.78 is 1.28. The highest BCUT2D eigenvalue weighted by atomic mass is 35.5. The van der Waals surface area contributed by atoms with Crippen molar-refractivity contribution in [2.45, 2.75) is 19.3 Å². The second-order valence-electron chi connectivity index (χ2n) is 4.90. The van der Waals surface area contributed by atoms with Crippen LogP contribution in [-0.2, 0) is 0 Å². The lowest BCUT2D eigenvalue weighted by atomic mass is 9.96. The minimum Gasteiger partial charge on any atom is -0.348 e. The van der Waals surface area contributed by atoms with Crippen molar-refractivity contribution in [1.29, 1.82) is 0 Å². The topological polar surface area (TPSA) is 16.1 Å². The van der Waals surface area contributed by atoms with Gasteiger partial charge in [0.05, 0.1) is 10.2 Å². The van der Waals surface area contributed by atoms with Gasteiger partial charge in [-0.2, -0.15) is 0 Å². The number of benzene rings is 1. The number of hydrogen-bond acceptors (Lipinski definition) is 3. The zero-order valence-corrected chi connectivity index (χ0v) is 11.9. The van der Waals surface area contributed by atoms with Crippen LogP contribution in [0.3, 0.4) is 0 Å². The molecule has 1 aliphatic heterocycles. The van der Waals surface area contributed by atoms with Crippen molar-refractivity contribution in [2.75, 3.05) is 23.9 Å². The third kappa shape index (κ3) is 2.47. The predicted molar refractivity (Wildman–Crippen MR) is 79.9 cm³/mol. The Morgan fingerprint density at radius 2 is 2.28 bits per heavy atom. The molecular weight excluding hydrogens is 264 g/mol. The van der Waals surface area contributed by atoms with Crippen LogP contribution in [0.5, 0.6) is 0 Å². The number of nitrogens with zero attached hydrogens (tertiary/aromatic N) is 2. The zero-order valence-electron chi connectivity index (χ0n) is 10.3. The largest absolute Gasteiger partial charge is 0.348 e. The summed E-state index contributed by atoms with van der Waals surface area (Å²) in [6.45, 7) is 2.26. The van der Waals surface area contributed by atoms with Gasteiger partial charge in [0.1, 0.15) is 0 Å². The Morgan fingerprint density at radius 3 is 3.11 bits per heavy atom. The van der Waals surface area contributed by atoms with Crippen LogP contribution in [0.4, 0.5) is 5.13 Å². The van der Waals surface area contributed by atoms with E-state index in [2.05, 4.69) is 29.2 Å². The van der Waals surface area contributed by atoms with Crippen LogP contribution in [0, 0.1) is 5.92 Å². The summed E-state index contributed by atoms with van der Waals surface area (Å²) in [6.07, 6.45) is 3.70. The van der Waals surface area contributed by atoms with Gasteiger partial charge >= 0.3 is 0 Å². The number of hydrogen-bond donors (Lipinski definition) is 0. The van der Waals surface area contributed by atoms with E-state index in [1.165, 1.54) is 22.7 Å². The molecule has 1 aliphatic rings. The first-order chi connectivity index (χ1) is 8.86. The van der Waals surface area contributed by atoms with Gasteiger partial charge in [0.25, 0.3) is 0 Å². The molecule has 0 radical (unpaired) electrons. The second-order valence-corrected chi connectivity index (χ2v) is 6.28. The Labute approximate surface area is 117 Å². The molecule has 0 N–H and O–H groups in total. The van der Waals surface area contributed by atoms with Gasteiger partial charge in [-0.1, -0.05) is 23.5 Å². The average molecular weight is 281 g/mol. The molecule has 0 aliphatic carbocycles. The molecule has 1 aromatic carbocycles. The van der Waals surface area contributed by atoms with Crippen LogP contribution in [0.25, 0.3) is 10.2 Å². The fraction of sp³-hybridized carbons (Fsp3) is 0.500. The number of aromatic nitrogens is 1. The van der Waals surface area contributed by atoms with E-state index in [9.17, 15) is 0 Å². The summed E-state index contributed by atoms with van der Waals surface area (Å²) >= 11 is 7.67. The summed E-state index contributed by atoms with van der Waals surface area (Å²) in [7, 11) is 0. The second kappa shape index (κ2) is 5.45. The summed E-state index contributed by atoms with van der Waals surface area (Å²) in [4.78, 5) is 7.18. The van der Waals surface area contributed by atoms with Crippen LogP contribution < -0.4 is 4.90 Å². The van der Waals surface area contributed by atoms with Crippen LogP contribution in [-0.4, -0.2) is 24.0 Å². The third-order valence-electron chi connectivity index (χ3n) is 3.59. The monoisotopic (exact) mass is 280 g/mol. The van der Waals surface area contributed by atoms with Gasteiger partial charge in [-0.05, 0) is 37.3 Å². The molecule has 1 aromatic heterocycles. The van der Waals surface area contributed by atoms with Crippen LogP contribution >= 0.6 is 22.9 Å². The third-order valence-corrected chi connectivity index (χ3v) is 4.90. The molecule has 2 nitrogen and oxygen atoms in total. The molecule has 3 rings (SSSR count). The average Bonchev–Trinajstić information content (AvgIpc) is 2.83. The summed E-state index contributed by atoms with van der Waals surface area (Å²) in [5, 5.41) is 1.18. The molecule has 0 saturated carbocycles. The molecule has 2 aromatic rings. The minimum atomic E-state index is 0.739. The van der Waals surface area contributed by atoms with Crippen molar-refractivity contribution < 1.29 is 0 Å². The van der Waals surface area contributed by atoms with Gasteiger partial charge in [0.2, 0.25) is 0 Å². The van der Waals surface area contributed by atoms with Crippen molar-refractivity contribution in [3.8, 4) is 0 Å². The Kier molecular flexibility index (Phi) is 3.71. The zero-order chi connectivity index (χ0) is 12.4. The number of rotatable bonds is 3. The number of piperidine rings is 1. The first kappa shape index (κ1) is 12.2. The maximum atomic E-state index is 5.86. The van der Waals surface area contributed by atoms with Gasteiger partial charge in [0, 0.05) is 19.0 Å². The quantitative estimate of drug-likeness (QED) is 0.786. The number of alkyl halides is 1. The van der Waals surface area contributed by atoms with Gasteiger partial charge < -0.3 is 4.90 Å². The smallest absolute Gasteiger partial charge is 0.186 e. The van der Waals surface area contributed by atoms with Gasteiger partial charge in [-0.15, -0.1) is 11.6 Å². The van der Waals surface area contributed by atoms with Gasteiger partial charge in [0.15, 0.2) is 5.13 Å². The highest BCUT2D eigenvalue weighted by Gasteiger charge is 2.21. The van der Waals surface area contributed by atoms with Gasteiger partial charge in [-0.3, -0.25) is 0 Å². The minimum absolute atomic E-state index is 0.739. The Bertz CT molecular complexity index is 490. The van der Waals surface area contributed by atoms with Crippen LogP contribution in [0.1, 0.15) is 19.3 Å². The van der Waals surface area contributed by atoms with Crippen molar-refractivity contribution in [3.05, 3.63) is 24.3 Å². The van der Waals surface area contributed by atoms with Gasteiger partial charge in [-0.25, -0.2) is 4.98 Å². The molecule has 1 unspecified atom stereocenters. The summed E-state index contributed by atoms with van der Waals surface area (Å²) in [6, 6.07) is 8.38. The summed E-state index contributed by atoms with van der Waals surface area (Å²) in [5.41, 5.74) is 1.12. The van der Waals surface area contributed by atoms with E-state index in [-0.39, 0.29) is 0 Å². The molecule has 18 heavy (non-hydrogen) atoms. The highest BCUT2D eigenvalue weighted by molar-refractivity contribution is 7.22. The summed E-state index contributed by atoms with van der Waals surface area (Å²) in [5.74, 6) is 1.52. The molecule has 1 atom stereocenters. The lowest BCUT2D eigenvalue weighted by molar-refractivity contribution is 0.406. The van der Waals surface area contributed by atoms with Crippen LogP contribution in [0.15, 0.2) is 24.3 Å². The highest BCUT2D eigenvalue weighted by Crippen LogP contribution is 2.32. The van der Waals surface area contributed by atoms with E-state index in [0.717, 1.165) is 36.8 Å². The maximum Gasteiger partial charge on any atom is 0.186 e. The molecule has 1 saturated heterocycles.